The molecule has 1 atom stereocenters. The van der Waals surface area contributed by atoms with E-state index >= 15 is 0 Å². The van der Waals surface area contributed by atoms with Crippen molar-refractivity contribution in [3.05, 3.63) is 12.2 Å². The molecule has 4 heteroatoms. The third kappa shape index (κ3) is 5.88. The number of hydrogen-bond acceptors (Lipinski definition) is 4. The first-order valence-corrected chi connectivity index (χ1v) is 3.64. The first-order chi connectivity index (χ1) is 5.70. The van der Waals surface area contributed by atoms with Gasteiger partial charge < -0.3 is 14.6 Å². The number of hydrogen-bond donors (Lipinski definition) is 1. The van der Waals surface area contributed by atoms with Crippen LogP contribution in [0.4, 0.5) is 0 Å². The minimum Gasteiger partial charge on any atom is -0.466 e. The molecule has 70 valence electrons. The highest BCUT2D eigenvalue weighted by atomic mass is 16.5. The van der Waals surface area contributed by atoms with E-state index in [9.17, 15) is 4.79 Å². The van der Waals surface area contributed by atoms with Gasteiger partial charge in [0.15, 0.2) is 0 Å². The van der Waals surface area contributed by atoms with Crippen molar-refractivity contribution in [1.82, 2.24) is 0 Å². The maximum absolute atomic E-state index is 10.5. The maximum Gasteiger partial charge on any atom is 0.330 e. The van der Waals surface area contributed by atoms with E-state index in [0.29, 0.717) is 13.0 Å². The Balaban J connectivity index is 3.59. The summed E-state index contributed by atoms with van der Waals surface area (Å²) in [6.45, 7) is 0.465. The highest BCUT2D eigenvalue weighted by Crippen LogP contribution is 1.94. The molecule has 0 aromatic carbocycles. The normalized spacial score (nSPS) is 13.2. The first-order valence-electron chi connectivity index (χ1n) is 3.64. The molecule has 0 radical (unpaired) electrons. The minimum absolute atomic E-state index is 0.465. The Kier molecular flexibility index (Phi) is 6.32. The molecule has 0 aromatic rings. The van der Waals surface area contributed by atoms with Gasteiger partial charge in [-0.15, -0.1) is 0 Å². The van der Waals surface area contributed by atoms with Gasteiger partial charge in [-0.05, 0) is 6.08 Å². The molecule has 0 aliphatic heterocycles. The van der Waals surface area contributed by atoms with E-state index in [0.717, 1.165) is 0 Å². The van der Waals surface area contributed by atoms with Crippen molar-refractivity contribution in [3.8, 4) is 0 Å². The fraction of sp³-hybridized carbons (Fsp3) is 0.625. The van der Waals surface area contributed by atoms with Crippen LogP contribution < -0.4 is 0 Å². The Morgan fingerprint density at radius 3 is 2.75 bits per heavy atom. The molecule has 0 fully saturated rings. The molecular formula is C8H14O4. The smallest absolute Gasteiger partial charge is 0.330 e. The molecule has 4 nitrogen and oxygen atoms in total. The maximum atomic E-state index is 10.5. The van der Waals surface area contributed by atoms with Gasteiger partial charge >= 0.3 is 5.97 Å². The van der Waals surface area contributed by atoms with Gasteiger partial charge in [0, 0.05) is 26.2 Å². The lowest BCUT2D eigenvalue weighted by molar-refractivity contribution is -0.134. The topological polar surface area (TPSA) is 55.8 Å². The second kappa shape index (κ2) is 6.82. The fourth-order valence-electron chi connectivity index (χ4n) is 0.593. The van der Waals surface area contributed by atoms with Crippen LogP contribution in [-0.4, -0.2) is 38.0 Å². The van der Waals surface area contributed by atoms with Gasteiger partial charge in [0.1, 0.15) is 0 Å². The summed E-state index contributed by atoms with van der Waals surface area (Å²) in [7, 11) is 2.84. The van der Waals surface area contributed by atoms with Crippen LogP contribution in [0.15, 0.2) is 12.2 Å². The van der Waals surface area contributed by atoms with E-state index < -0.39 is 12.1 Å². The summed E-state index contributed by atoms with van der Waals surface area (Å²) in [5.41, 5.74) is 0. The zero-order valence-electron chi connectivity index (χ0n) is 7.32. The monoisotopic (exact) mass is 174 g/mol. The molecule has 0 rings (SSSR count). The number of esters is 1. The molecule has 0 saturated carbocycles. The molecule has 0 aliphatic rings. The Morgan fingerprint density at radius 2 is 2.25 bits per heavy atom. The highest BCUT2D eigenvalue weighted by Gasteiger charge is 1.99. The predicted octanol–water partition coefficient (Wildman–Crippen LogP) is 0.113. The standard InChI is InChI=1S/C8H14O4/c1-11-6-5-7(9)3-4-8(10)12-2/h3-4,7,9H,5-6H2,1-2H3/b4-3+. The number of ether oxygens (including phenoxy) is 2. The number of rotatable bonds is 5. The van der Waals surface area contributed by atoms with E-state index in [1.54, 1.807) is 7.11 Å². The Morgan fingerprint density at radius 1 is 1.58 bits per heavy atom. The summed E-state index contributed by atoms with van der Waals surface area (Å²) in [6, 6.07) is 0. The van der Waals surface area contributed by atoms with Gasteiger partial charge in [0.05, 0.1) is 13.2 Å². The van der Waals surface area contributed by atoms with Crippen LogP contribution in [0.5, 0.6) is 0 Å². The molecule has 0 bridgehead atoms. The lowest BCUT2D eigenvalue weighted by atomic mass is 10.2. The van der Waals surface area contributed by atoms with Crippen LogP contribution in [0.3, 0.4) is 0 Å². The molecule has 0 aromatic heterocycles. The molecule has 0 saturated heterocycles. The second-order valence-electron chi connectivity index (χ2n) is 2.23. The number of aliphatic hydroxyl groups excluding tert-OH is 1. The molecule has 0 spiro atoms. The Labute approximate surface area is 71.8 Å². The molecule has 0 amide bonds. The van der Waals surface area contributed by atoms with Crippen LogP contribution in [0.1, 0.15) is 6.42 Å². The number of aliphatic hydroxyl groups is 1. The van der Waals surface area contributed by atoms with Crippen LogP contribution in [-0.2, 0) is 14.3 Å². The van der Waals surface area contributed by atoms with Gasteiger partial charge in [-0.3, -0.25) is 0 Å². The zero-order valence-corrected chi connectivity index (χ0v) is 7.32. The van der Waals surface area contributed by atoms with Crippen molar-refractivity contribution >= 4 is 5.97 Å². The molecule has 0 heterocycles. The summed E-state index contributed by atoms with van der Waals surface area (Å²) in [4.78, 5) is 10.5. The van der Waals surface area contributed by atoms with E-state index in [-0.39, 0.29) is 0 Å². The van der Waals surface area contributed by atoms with Crippen LogP contribution in [0.2, 0.25) is 0 Å². The highest BCUT2D eigenvalue weighted by molar-refractivity contribution is 5.81. The third-order valence-electron chi connectivity index (χ3n) is 1.27. The molecule has 1 N–H and O–H groups in total. The Hall–Kier alpha value is -0.870. The summed E-state index contributed by atoms with van der Waals surface area (Å²) in [5, 5.41) is 9.15. The zero-order chi connectivity index (χ0) is 9.40. The third-order valence-corrected chi connectivity index (χ3v) is 1.27. The number of carbonyl (C=O) groups excluding carboxylic acids is 1. The summed E-state index contributed by atoms with van der Waals surface area (Å²) in [6.07, 6.45) is 2.40. The van der Waals surface area contributed by atoms with Crippen LogP contribution >= 0.6 is 0 Å². The SMILES string of the molecule is COCCC(O)/C=C/C(=O)OC. The lowest BCUT2D eigenvalue weighted by Gasteiger charge is -2.02. The largest absolute Gasteiger partial charge is 0.466 e. The van der Waals surface area contributed by atoms with Crippen LogP contribution in [0.25, 0.3) is 0 Å². The minimum atomic E-state index is -0.649. The molecule has 1 unspecified atom stereocenters. The van der Waals surface area contributed by atoms with Crippen molar-refractivity contribution in [1.29, 1.82) is 0 Å². The van der Waals surface area contributed by atoms with E-state index in [1.807, 2.05) is 0 Å². The average molecular weight is 174 g/mol. The Bertz CT molecular complexity index is 153. The molecule has 12 heavy (non-hydrogen) atoms. The predicted molar refractivity (Wildman–Crippen MR) is 43.7 cm³/mol. The number of methoxy groups -OCH3 is 2. The second-order valence-corrected chi connectivity index (χ2v) is 2.23. The van der Waals surface area contributed by atoms with Crippen LogP contribution in [0, 0.1) is 0 Å². The van der Waals surface area contributed by atoms with Gasteiger partial charge in [-0.1, -0.05) is 0 Å². The van der Waals surface area contributed by atoms with E-state index in [2.05, 4.69) is 4.74 Å². The molecule has 0 aliphatic carbocycles. The first kappa shape index (κ1) is 11.1. The lowest BCUT2D eigenvalue weighted by Crippen LogP contribution is -2.07. The average Bonchev–Trinajstić information content (AvgIpc) is 2.10. The van der Waals surface area contributed by atoms with Crippen molar-refractivity contribution < 1.29 is 19.4 Å². The van der Waals surface area contributed by atoms with Gasteiger partial charge in [-0.25, -0.2) is 4.79 Å². The van der Waals surface area contributed by atoms with Gasteiger partial charge in [0.2, 0.25) is 0 Å². The summed E-state index contributed by atoms with van der Waals surface area (Å²) < 4.78 is 9.07. The van der Waals surface area contributed by atoms with Crippen molar-refractivity contribution in [2.75, 3.05) is 20.8 Å². The van der Waals surface area contributed by atoms with Gasteiger partial charge in [0.25, 0.3) is 0 Å². The van der Waals surface area contributed by atoms with Crippen molar-refractivity contribution in [2.45, 2.75) is 12.5 Å². The van der Waals surface area contributed by atoms with Gasteiger partial charge in [-0.2, -0.15) is 0 Å². The summed E-state index contributed by atoms with van der Waals surface area (Å²) in [5.74, 6) is -0.466. The van der Waals surface area contributed by atoms with E-state index in [1.165, 1.54) is 19.3 Å². The van der Waals surface area contributed by atoms with Crippen molar-refractivity contribution in [2.24, 2.45) is 0 Å². The molecular weight excluding hydrogens is 160 g/mol. The van der Waals surface area contributed by atoms with Crippen molar-refractivity contribution in [3.63, 3.8) is 0 Å². The number of carbonyl (C=O) groups is 1. The quantitative estimate of drug-likeness (QED) is 0.475. The summed E-state index contributed by atoms with van der Waals surface area (Å²) >= 11 is 0. The van der Waals surface area contributed by atoms with E-state index in [4.69, 9.17) is 9.84 Å². The fourth-order valence-corrected chi connectivity index (χ4v) is 0.593.